The van der Waals surface area contributed by atoms with Gasteiger partial charge in [0.25, 0.3) is 0 Å². The van der Waals surface area contributed by atoms with Crippen molar-refractivity contribution in [3.05, 3.63) is 150 Å². The summed E-state index contributed by atoms with van der Waals surface area (Å²) in [5, 5.41) is 12.6. The maximum absolute atomic E-state index is 2.51. The number of aromatic nitrogens is 1. The van der Waals surface area contributed by atoms with Crippen LogP contribution in [-0.4, -0.2) is 4.57 Å². The van der Waals surface area contributed by atoms with E-state index in [1.807, 2.05) is 0 Å². The van der Waals surface area contributed by atoms with E-state index in [2.05, 4.69) is 157 Å². The molecule has 1 aliphatic carbocycles. The van der Waals surface area contributed by atoms with Crippen LogP contribution in [0.1, 0.15) is 25.0 Å². The summed E-state index contributed by atoms with van der Waals surface area (Å²) in [6.07, 6.45) is 0. The van der Waals surface area contributed by atoms with E-state index in [0.717, 1.165) is 0 Å². The maximum Gasteiger partial charge on any atom is 0.0544 e. The lowest BCUT2D eigenvalue weighted by atomic mass is 9.82. The van der Waals surface area contributed by atoms with Gasteiger partial charge in [0.2, 0.25) is 0 Å². The molecular weight excluding hydrogens is 563 g/mol. The number of hydrogen-bond acceptors (Lipinski definition) is 1. The zero-order valence-electron chi connectivity index (χ0n) is 25.1. The number of benzene rings is 7. The summed E-state index contributed by atoms with van der Waals surface area (Å²) in [7, 11) is 0. The van der Waals surface area contributed by atoms with Crippen molar-refractivity contribution in [2.75, 3.05) is 0 Å². The van der Waals surface area contributed by atoms with Gasteiger partial charge in [0, 0.05) is 26.8 Å². The molecule has 0 amide bonds. The van der Waals surface area contributed by atoms with Gasteiger partial charge in [-0.05, 0) is 108 Å². The van der Waals surface area contributed by atoms with E-state index in [0.29, 0.717) is 0 Å². The van der Waals surface area contributed by atoms with Crippen LogP contribution in [0.15, 0.2) is 139 Å². The monoisotopic (exact) mass is 591 g/mol. The topological polar surface area (TPSA) is 4.93 Å². The number of thiophene rings is 1. The highest BCUT2D eigenvalue weighted by Crippen LogP contribution is 2.51. The van der Waals surface area contributed by atoms with Crippen LogP contribution in [0.5, 0.6) is 0 Å². The molecule has 9 aromatic rings. The summed E-state index contributed by atoms with van der Waals surface area (Å²) >= 11 is 1.80. The van der Waals surface area contributed by atoms with Crippen LogP contribution < -0.4 is 0 Å². The molecule has 1 aliphatic rings. The molecule has 0 spiro atoms. The molecule has 0 saturated carbocycles. The Labute approximate surface area is 265 Å². The third-order valence-corrected chi connectivity index (χ3v) is 11.2. The summed E-state index contributed by atoms with van der Waals surface area (Å²) < 4.78 is 2.51. The normalized spacial score (nSPS) is 13.7. The molecule has 212 valence electrons. The zero-order chi connectivity index (χ0) is 29.9. The third kappa shape index (κ3) is 3.38. The average molecular weight is 592 g/mol. The second kappa shape index (κ2) is 8.94. The number of fused-ring (bicyclic) bond motifs is 12. The minimum absolute atomic E-state index is 0.0674. The lowest BCUT2D eigenvalue weighted by Crippen LogP contribution is -2.14. The molecule has 0 N–H and O–H groups in total. The Hall–Kier alpha value is -5.18. The van der Waals surface area contributed by atoms with E-state index in [-0.39, 0.29) is 5.41 Å². The van der Waals surface area contributed by atoms with Crippen LogP contribution in [0.3, 0.4) is 0 Å². The molecule has 0 saturated heterocycles. The largest absolute Gasteiger partial charge is 0.309 e. The molecule has 0 unspecified atom stereocenters. The van der Waals surface area contributed by atoms with Gasteiger partial charge in [-0.1, -0.05) is 105 Å². The van der Waals surface area contributed by atoms with Crippen molar-refractivity contribution in [2.45, 2.75) is 19.3 Å². The predicted octanol–water partition coefficient (Wildman–Crippen LogP) is 12.3. The smallest absolute Gasteiger partial charge is 0.0544 e. The van der Waals surface area contributed by atoms with Crippen LogP contribution in [0.25, 0.3) is 81.4 Å². The Bertz CT molecular complexity index is 2630. The molecule has 0 bridgehead atoms. The maximum atomic E-state index is 2.51. The quantitative estimate of drug-likeness (QED) is 0.176. The second-order valence-corrected chi connectivity index (χ2v) is 13.9. The van der Waals surface area contributed by atoms with Crippen LogP contribution in [0.2, 0.25) is 0 Å². The average Bonchev–Trinajstić information content (AvgIpc) is 3.79. The fraction of sp³-hybridized carbons (Fsp3) is 0.0698. The van der Waals surface area contributed by atoms with Gasteiger partial charge in [-0.2, -0.15) is 0 Å². The SMILES string of the molecule is CC1(C)c2ccccc2-c2cc3c4cc(-c5cccs5)ccc4n(-c4ccc5c6ccccc6c6ccccc6c5c4)c3cc21. The minimum atomic E-state index is -0.0674. The first-order valence-corrected chi connectivity index (χ1v) is 16.6. The summed E-state index contributed by atoms with van der Waals surface area (Å²) in [5.74, 6) is 0. The van der Waals surface area contributed by atoms with Gasteiger partial charge in [0.1, 0.15) is 0 Å². The first-order chi connectivity index (χ1) is 22.1. The van der Waals surface area contributed by atoms with Gasteiger partial charge in [-0.15, -0.1) is 11.3 Å². The van der Waals surface area contributed by atoms with Crippen LogP contribution >= 0.6 is 11.3 Å². The van der Waals surface area contributed by atoms with Gasteiger partial charge < -0.3 is 4.57 Å². The summed E-state index contributed by atoms with van der Waals surface area (Å²) in [4.78, 5) is 1.30. The third-order valence-electron chi connectivity index (χ3n) is 10.3. The van der Waals surface area contributed by atoms with E-state index in [4.69, 9.17) is 0 Å². The van der Waals surface area contributed by atoms with Crippen molar-refractivity contribution < 1.29 is 0 Å². The molecule has 2 heteroatoms. The lowest BCUT2D eigenvalue weighted by Gasteiger charge is -2.21. The van der Waals surface area contributed by atoms with E-state index in [9.17, 15) is 0 Å². The summed E-state index contributed by atoms with van der Waals surface area (Å²) in [6.45, 7) is 4.75. The fourth-order valence-corrected chi connectivity index (χ4v) is 8.85. The number of rotatable bonds is 2. The highest BCUT2D eigenvalue weighted by atomic mass is 32.1. The van der Waals surface area contributed by atoms with Crippen molar-refractivity contribution >= 4 is 65.5 Å². The Balaban J connectivity index is 1.33. The van der Waals surface area contributed by atoms with Crippen molar-refractivity contribution in [2.24, 2.45) is 0 Å². The molecule has 2 aromatic heterocycles. The van der Waals surface area contributed by atoms with Gasteiger partial charge >= 0.3 is 0 Å². The molecule has 45 heavy (non-hydrogen) atoms. The Kier molecular flexibility index (Phi) is 5.00. The first-order valence-electron chi connectivity index (χ1n) is 15.7. The van der Waals surface area contributed by atoms with E-state index < -0.39 is 0 Å². The second-order valence-electron chi connectivity index (χ2n) is 13.0. The predicted molar refractivity (Wildman–Crippen MR) is 194 cm³/mol. The highest BCUT2D eigenvalue weighted by Gasteiger charge is 2.36. The molecule has 1 nitrogen and oxygen atoms in total. The van der Waals surface area contributed by atoms with Crippen molar-refractivity contribution in [3.8, 4) is 27.3 Å². The fourth-order valence-electron chi connectivity index (χ4n) is 8.12. The standard InChI is InChI=1S/C43H29NS/c1-43(2)38-15-8-7-14-33(38)35-24-37-36-22-26(42-16-9-21-45-42)17-20-40(36)44(41(37)25-39(35)43)27-18-19-32-30-12-4-3-10-28(30)29-11-5-6-13-31(29)34(32)23-27/h3-25H,1-2H3. The van der Waals surface area contributed by atoms with E-state index >= 15 is 0 Å². The van der Waals surface area contributed by atoms with Crippen LogP contribution in [0.4, 0.5) is 0 Å². The van der Waals surface area contributed by atoms with E-state index in [1.54, 1.807) is 11.3 Å². The van der Waals surface area contributed by atoms with Crippen molar-refractivity contribution in [3.63, 3.8) is 0 Å². The Morgan fingerprint density at radius 2 is 1.13 bits per heavy atom. The molecule has 0 radical (unpaired) electrons. The van der Waals surface area contributed by atoms with Crippen LogP contribution in [-0.2, 0) is 5.41 Å². The number of hydrogen-bond donors (Lipinski definition) is 0. The number of nitrogens with zero attached hydrogens (tertiary/aromatic N) is 1. The summed E-state index contributed by atoms with van der Waals surface area (Å²) in [6, 6.07) is 50.1. The molecule has 0 aliphatic heterocycles. The van der Waals surface area contributed by atoms with Gasteiger partial charge in [0.05, 0.1) is 11.0 Å². The molecule has 2 heterocycles. The zero-order valence-corrected chi connectivity index (χ0v) is 26.0. The first kappa shape index (κ1) is 25.2. The molecule has 7 aromatic carbocycles. The Morgan fingerprint density at radius 1 is 0.467 bits per heavy atom. The van der Waals surface area contributed by atoms with Gasteiger partial charge in [-0.3, -0.25) is 0 Å². The van der Waals surface area contributed by atoms with Crippen molar-refractivity contribution in [1.29, 1.82) is 0 Å². The van der Waals surface area contributed by atoms with Gasteiger partial charge in [0.15, 0.2) is 0 Å². The van der Waals surface area contributed by atoms with Crippen LogP contribution in [0, 0.1) is 0 Å². The molecule has 0 atom stereocenters. The van der Waals surface area contributed by atoms with E-state index in [1.165, 1.54) is 92.5 Å². The molecule has 10 rings (SSSR count). The lowest BCUT2D eigenvalue weighted by molar-refractivity contribution is 0.661. The summed E-state index contributed by atoms with van der Waals surface area (Å²) in [5.41, 5.74) is 10.4. The highest BCUT2D eigenvalue weighted by molar-refractivity contribution is 7.13. The minimum Gasteiger partial charge on any atom is -0.309 e. The molecular formula is C43H29NS. The van der Waals surface area contributed by atoms with Gasteiger partial charge in [-0.25, -0.2) is 0 Å². The molecule has 0 fully saturated rings. The van der Waals surface area contributed by atoms with Crippen molar-refractivity contribution in [1.82, 2.24) is 4.57 Å². The Morgan fingerprint density at radius 3 is 1.87 bits per heavy atom.